The number of ether oxygens (including phenoxy) is 1. The highest BCUT2D eigenvalue weighted by Crippen LogP contribution is 2.17. The Hall–Kier alpha value is -1.26. The van der Waals surface area contributed by atoms with Gasteiger partial charge in [-0.15, -0.1) is 0 Å². The van der Waals surface area contributed by atoms with Gasteiger partial charge in [0.05, 0.1) is 0 Å². The minimum atomic E-state index is -1.02. The Morgan fingerprint density at radius 1 is 1.38 bits per heavy atom. The molecule has 0 aliphatic carbocycles. The van der Waals surface area contributed by atoms with Crippen molar-refractivity contribution >= 4 is 12.1 Å². The number of rotatable bonds is 7. The first-order valence-electron chi connectivity index (χ1n) is 5.85. The highest BCUT2D eigenvalue weighted by Gasteiger charge is 2.38. The van der Waals surface area contributed by atoms with Gasteiger partial charge in [0.25, 0.3) is 0 Å². The van der Waals surface area contributed by atoms with Gasteiger partial charge >= 0.3 is 12.1 Å². The molecule has 1 rings (SSSR count). The van der Waals surface area contributed by atoms with E-state index in [9.17, 15) is 9.59 Å². The second-order valence-electron chi connectivity index (χ2n) is 4.11. The average Bonchev–Trinajstić information content (AvgIpc) is 2.59. The molecule has 92 valence electrons. The molecule has 16 heavy (non-hydrogen) atoms. The molecule has 2 atom stereocenters. The van der Waals surface area contributed by atoms with Crippen LogP contribution in [0, 0.1) is 0 Å². The van der Waals surface area contributed by atoms with Crippen LogP contribution in [0.3, 0.4) is 0 Å². The van der Waals surface area contributed by atoms with Gasteiger partial charge in [0.2, 0.25) is 0 Å². The number of carbonyl (C=O) groups excluding carboxylic acids is 1. The first-order valence-corrected chi connectivity index (χ1v) is 5.85. The lowest BCUT2D eigenvalue weighted by Gasteiger charge is -2.12. The number of hydrogen-bond donors (Lipinski definition) is 2. The summed E-state index contributed by atoms with van der Waals surface area (Å²) < 4.78 is 4.91. The van der Waals surface area contributed by atoms with Crippen molar-refractivity contribution in [2.45, 2.75) is 57.6 Å². The van der Waals surface area contributed by atoms with Crippen molar-refractivity contribution in [2.75, 3.05) is 0 Å². The van der Waals surface area contributed by atoms with Crippen molar-refractivity contribution < 1.29 is 19.4 Å². The standard InChI is InChI=1S/C11H19NO4/c1-2-3-4-5-6-7-8-9(10(13)14)12-11(15)16-8/h8-9H,2-7H2,1H3,(H,12,15)(H,13,14)/t8-,9+/m0/s1. The lowest BCUT2D eigenvalue weighted by atomic mass is 10.0. The van der Waals surface area contributed by atoms with E-state index in [0.717, 1.165) is 19.3 Å². The highest BCUT2D eigenvalue weighted by molar-refractivity contribution is 5.83. The van der Waals surface area contributed by atoms with Crippen LogP contribution < -0.4 is 5.32 Å². The molecule has 1 heterocycles. The fourth-order valence-electron chi connectivity index (χ4n) is 1.85. The van der Waals surface area contributed by atoms with Crippen LogP contribution >= 0.6 is 0 Å². The third kappa shape index (κ3) is 3.72. The molecule has 0 spiro atoms. The zero-order valence-electron chi connectivity index (χ0n) is 9.57. The Labute approximate surface area is 95.2 Å². The summed E-state index contributed by atoms with van der Waals surface area (Å²) in [6, 6.07) is -0.876. The zero-order valence-corrected chi connectivity index (χ0v) is 9.57. The summed E-state index contributed by atoms with van der Waals surface area (Å²) in [5, 5.41) is 11.1. The Balaban J connectivity index is 2.24. The van der Waals surface area contributed by atoms with Crippen molar-refractivity contribution in [3.05, 3.63) is 0 Å². The van der Waals surface area contributed by atoms with Gasteiger partial charge in [-0.1, -0.05) is 32.6 Å². The summed E-state index contributed by atoms with van der Waals surface area (Å²) in [5.74, 6) is -1.02. The first kappa shape index (κ1) is 12.8. The molecule has 0 bridgehead atoms. The minimum absolute atomic E-state index is 0.508. The van der Waals surface area contributed by atoms with Crippen LogP contribution in [0.25, 0.3) is 0 Å². The summed E-state index contributed by atoms with van der Waals surface area (Å²) in [7, 11) is 0. The molecule has 0 aromatic heterocycles. The second kappa shape index (κ2) is 6.35. The Kier molecular flexibility index (Phi) is 5.08. The van der Waals surface area contributed by atoms with E-state index < -0.39 is 24.2 Å². The predicted octanol–water partition coefficient (Wildman–Crippen LogP) is 1.91. The van der Waals surface area contributed by atoms with E-state index >= 15 is 0 Å². The fraction of sp³-hybridized carbons (Fsp3) is 0.818. The minimum Gasteiger partial charge on any atom is -0.480 e. The monoisotopic (exact) mass is 229 g/mol. The highest BCUT2D eigenvalue weighted by atomic mass is 16.6. The predicted molar refractivity (Wildman–Crippen MR) is 58.2 cm³/mol. The number of carboxylic acid groups (broad SMARTS) is 1. The van der Waals surface area contributed by atoms with E-state index in [0.29, 0.717) is 6.42 Å². The number of unbranched alkanes of at least 4 members (excludes halogenated alkanes) is 4. The van der Waals surface area contributed by atoms with Gasteiger partial charge in [-0.2, -0.15) is 0 Å². The molecule has 0 radical (unpaired) electrons. The van der Waals surface area contributed by atoms with Crippen LogP contribution in [-0.4, -0.2) is 29.3 Å². The molecule has 2 N–H and O–H groups in total. The molecule has 0 unspecified atom stereocenters. The van der Waals surface area contributed by atoms with Crippen molar-refractivity contribution in [3.8, 4) is 0 Å². The summed E-state index contributed by atoms with van der Waals surface area (Å²) in [6.45, 7) is 2.14. The van der Waals surface area contributed by atoms with Crippen LogP contribution in [0.5, 0.6) is 0 Å². The maximum Gasteiger partial charge on any atom is 0.408 e. The Morgan fingerprint density at radius 2 is 2.06 bits per heavy atom. The molecule has 5 heteroatoms. The number of cyclic esters (lactones) is 1. The number of hydrogen-bond acceptors (Lipinski definition) is 3. The van der Waals surface area contributed by atoms with Crippen LogP contribution in [-0.2, 0) is 9.53 Å². The number of alkyl carbamates (subject to hydrolysis) is 1. The van der Waals surface area contributed by atoms with Crippen molar-refractivity contribution in [1.29, 1.82) is 0 Å². The van der Waals surface area contributed by atoms with E-state index in [1.807, 2.05) is 0 Å². The molecule has 1 aliphatic heterocycles. The summed E-state index contributed by atoms with van der Waals surface area (Å²) >= 11 is 0. The Bertz CT molecular complexity index is 254. The van der Waals surface area contributed by atoms with Crippen molar-refractivity contribution in [2.24, 2.45) is 0 Å². The molecule has 1 saturated heterocycles. The van der Waals surface area contributed by atoms with E-state index in [1.165, 1.54) is 12.8 Å². The van der Waals surface area contributed by atoms with Crippen LogP contribution in [0.2, 0.25) is 0 Å². The van der Waals surface area contributed by atoms with Gasteiger partial charge in [-0.3, -0.25) is 0 Å². The average molecular weight is 229 g/mol. The molecule has 0 saturated carbocycles. The fourth-order valence-corrected chi connectivity index (χ4v) is 1.85. The van der Waals surface area contributed by atoms with Crippen LogP contribution in [0.4, 0.5) is 4.79 Å². The molecular formula is C11H19NO4. The Morgan fingerprint density at radius 3 is 2.69 bits per heavy atom. The maximum atomic E-state index is 10.9. The molecular weight excluding hydrogens is 210 g/mol. The number of nitrogens with one attached hydrogen (secondary N) is 1. The second-order valence-corrected chi connectivity index (χ2v) is 4.11. The maximum absolute atomic E-state index is 10.9. The molecule has 0 aromatic rings. The van der Waals surface area contributed by atoms with Gasteiger partial charge in [0.15, 0.2) is 6.04 Å². The lowest BCUT2D eigenvalue weighted by Crippen LogP contribution is -2.39. The van der Waals surface area contributed by atoms with Gasteiger partial charge < -0.3 is 15.2 Å². The third-order valence-corrected chi connectivity index (χ3v) is 2.76. The van der Waals surface area contributed by atoms with Crippen molar-refractivity contribution in [3.63, 3.8) is 0 Å². The number of amides is 1. The van der Waals surface area contributed by atoms with Gasteiger partial charge in [0, 0.05) is 0 Å². The quantitative estimate of drug-likeness (QED) is 0.654. The molecule has 1 fully saturated rings. The third-order valence-electron chi connectivity index (χ3n) is 2.76. The lowest BCUT2D eigenvalue weighted by molar-refractivity contribution is -0.140. The van der Waals surface area contributed by atoms with Gasteiger partial charge in [0.1, 0.15) is 6.10 Å². The molecule has 1 aliphatic rings. The van der Waals surface area contributed by atoms with Crippen molar-refractivity contribution in [1.82, 2.24) is 5.32 Å². The normalized spacial score (nSPS) is 23.9. The van der Waals surface area contributed by atoms with E-state index in [1.54, 1.807) is 0 Å². The van der Waals surface area contributed by atoms with E-state index in [2.05, 4.69) is 12.2 Å². The van der Waals surface area contributed by atoms with Gasteiger partial charge in [-0.25, -0.2) is 9.59 Å². The molecule has 1 amide bonds. The smallest absolute Gasteiger partial charge is 0.408 e. The van der Waals surface area contributed by atoms with Crippen LogP contribution in [0.15, 0.2) is 0 Å². The van der Waals surface area contributed by atoms with Crippen LogP contribution in [0.1, 0.15) is 45.4 Å². The van der Waals surface area contributed by atoms with Gasteiger partial charge in [-0.05, 0) is 12.8 Å². The number of carbonyl (C=O) groups is 2. The van der Waals surface area contributed by atoms with E-state index in [-0.39, 0.29) is 0 Å². The zero-order chi connectivity index (χ0) is 12.0. The SMILES string of the molecule is CCCCCCC[C@@H]1OC(=O)N[C@H]1C(=O)O. The molecule has 5 nitrogen and oxygen atoms in total. The van der Waals surface area contributed by atoms with E-state index in [4.69, 9.17) is 9.84 Å². The molecule has 0 aromatic carbocycles. The number of carboxylic acids is 1. The summed E-state index contributed by atoms with van der Waals surface area (Å²) in [6.07, 6.45) is 5.00. The summed E-state index contributed by atoms with van der Waals surface area (Å²) in [4.78, 5) is 21.7. The largest absolute Gasteiger partial charge is 0.480 e. The topological polar surface area (TPSA) is 75.6 Å². The first-order chi connectivity index (χ1) is 7.65. The summed E-state index contributed by atoms with van der Waals surface area (Å²) in [5.41, 5.74) is 0. The number of aliphatic carboxylic acids is 1.